The van der Waals surface area contributed by atoms with Crippen molar-refractivity contribution < 1.29 is 14.6 Å². The number of benzene rings is 1. The molecule has 3 heteroatoms. The molecule has 1 saturated carbocycles. The van der Waals surface area contributed by atoms with Crippen molar-refractivity contribution in [3.05, 3.63) is 42.0 Å². The topological polar surface area (TPSA) is 46.5 Å². The molecule has 0 aliphatic heterocycles. The lowest BCUT2D eigenvalue weighted by atomic mass is 9.94. The summed E-state index contributed by atoms with van der Waals surface area (Å²) < 4.78 is 5.33. The fourth-order valence-corrected chi connectivity index (χ4v) is 2.00. The molecule has 90 valence electrons. The molecule has 0 saturated heterocycles. The number of carboxylic acid groups (broad SMARTS) is 1. The van der Waals surface area contributed by atoms with Gasteiger partial charge in [0.1, 0.15) is 5.76 Å². The number of carboxylic acids is 1. The average Bonchev–Trinajstić information content (AvgIpc) is 3.11. The van der Waals surface area contributed by atoms with Gasteiger partial charge in [-0.1, -0.05) is 24.8 Å². The van der Waals surface area contributed by atoms with E-state index >= 15 is 0 Å². The van der Waals surface area contributed by atoms with Crippen LogP contribution in [0, 0.1) is 0 Å². The minimum absolute atomic E-state index is 0.563. The van der Waals surface area contributed by atoms with Gasteiger partial charge < -0.3 is 9.84 Å². The van der Waals surface area contributed by atoms with E-state index < -0.39 is 11.4 Å². The first kappa shape index (κ1) is 11.7. The summed E-state index contributed by atoms with van der Waals surface area (Å²) >= 11 is 0. The molecule has 1 aliphatic carbocycles. The van der Waals surface area contributed by atoms with E-state index in [-0.39, 0.29) is 0 Å². The van der Waals surface area contributed by atoms with Crippen molar-refractivity contribution in [2.24, 2.45) is 0 Å². The molecule has 1 N–H and O–H groups in total. The molecule has 0 radical (unpaired) electrons. The van der Waals surface area contributed by atoms with Crippen LogP contribution in [0.3, 0.4) is 0 Å². The summed E-state index contributed by atoms with van der Waals surface area (Å²) in [5.41, 5.74) is 1.04. The van der Waals surface area contributed by atoms with Crippen molar-refractivity contribution in [3.63, 3.8) is 0 Å². The van der Waals surface area contributed by atoms with Crippen LogP contribution in [0.25, 0.3) is 5.76 Å². The maximum atomic E-state index is 11.2. The molecule has 17 heavy (non-hydrogen) atoms. The van der Waals surface area contributed by atoms with E-state index in [0.29, 0.717) is 25.2 Å². The maximum absolute atomic E-state index is 11.2. The smallest absolute Gasteiger partial charge is 0.314 e. The summed E-state index contributed by atoms with van der Waals surface area (Å²) in [6, 6.07) is 7.49. The third-order valence-corrected chi connectivity index (χ3v) is 3.22. The Morgan fingerprint density at radius 1 is 1.53 bits per heavy atom. The van der Waals surface area contributed by atoms with Gasteiger partial charge >= 0.3 is 5.97 Å². The minimum Gasteiger partial charge on any atom is -0.494 e. The van der Waals surface area contributed by atoms with Gasteiger partial charge in [-0.15, -0.1) is 0 Å². The normalized spacial score (nSPS) is 16.3. The number of ether oxygens (including phenoxy) is 1. The van der Waals surface area contributed by atoms with E-state index in [0.717, 1.165) is 11.1 Å². The highest BCUT2D eigenvalue weighted by Gasteiger charge is 2.51. The van der Waals surface area contributed by atoms with E-state index in [1.165, 1.54) is 0 Å². The minimum atomic E-state index is -0.739. The van der Waals surface area contributed by atoms with E-state index in [4.69, 9.17) is 4.74 Å². The van der Waals surface area contributed by atoms with Crippen molar-refractivity contribution in [1.29, 1.82) is 0 Å². The summed E-state index contributed by atoms with van der Waals surface area (Å²) in [5.74, 6) is -0.146. The third-order valence-electron chi connectivity index (χ3n) is 3.22. The Hall–Kier alpha value is -1.77. The summed E-state index contributed by atoms with van der Waals surface area (Å²) in [6.07, 6.45) is 1.43. The van der Waals surface area contributed by atoms with Crippen molar-refractivity contribution in [1.82, 2.24) is 0 Å². The molecule has 0 bridgehead atoms. The highest BCUT2D eigenvalue weighted by atomic mass is 16.5. The van der Waals surface area contributed by atoms with Crippen LogP contribution >= 0.6 is 0 Å². The van der Waals surface area contributed by atoms with Gasteiger partial charge in [0, 0.05) is 5.56 Å². The Morgan fingerprint density at radius 2 is 2.24 bits per heavy atom. The molecule has 0 unspecified atom stereocenters. The van der Waals surface area contributed by atoms with Gasteiger partial charge in [-0.2, -0.15) is 0 Å². The van der Waals surface area contributed by atoms with E-state index in [9.17, 15) is 9.90 Å². The molecule has 0 aromatic heterocycles. The Morgan fingerprint density at radius 3 is 2.76 bits per heavy atom. The van der Waals surface area contributed by atoms with Crippen LogP contribution in [0.15, 0.2) is 30.8 Å². The van der Waals surface area contributed by atoms with Crippen LogP contribution in [-0.4, -0.2) is 17.7 Å². The first-order valence-electron chi connectivity index (χ1n) is 5.76. The van der Waals surface area contributed by atoms with Crippen molar-refractivity contribution >= 4 is 11.7 Å². The monoisotopic (exact) mass is 232 g/mol. The molecule has 0 spiro atoms. The number of rotatable bonds is 5. The molecule has 0 atom stereocenters. The predicted molar refractivity (Wildman–Crippen MR) is 65.6 cm³/mol. The molecule has 0 amide bonds. The number of hydrogen-bond acceptors (Lipinski definition) is 2. The fraction of sp³-hybridized carbons (Fsp3) is 0.357. The van der Waals surface area contributed by atoms with E-state index in [2.05, 4.69) is 6.58 Å². The van der Waals surface area contributed by atoms with Crippen LogP contribution in [0.1, 0.15) is 30.9 Å². The number of carbonyl (C=O) groups is 1. The summed E-state index contributed by atoms with van der Waals surface area (Å²) in [6.45, 7) is 6.29. The summed E-state index contributed by atoms with van der Waals surface area (Å²) in [4.78, 5) is 11.2. The highest BCUT2D eigenvalue weighted by molar-refractivity contribution is 5.85. The quantitative estimate of drug-likeness (QED) is 0.794. The Bertz CT molecular complexity index is 458. The zero-order chi connectivity index (χ0) is 12.5. The zero-order valence-electron chi connectivity index (χ0n) is 9.90. The molecule has 3 nitrogen and oxygen atoms in total. The van der Waals surface area contributed by atoms with Crippen molar-refractivity contribution in [2.75, 3.05) is 6.61 Å². The molecule has 1 aromatic rings. The number of aliphatic carboxylic acids is 1. The zero-order valence-corrected chi connectivity index (χ0v) is 9.90. The van der Waals surface area contributed by atoms with Crippen LogP contribution in [0.5, 0.6) is 0 Å². The van der Waals surface area contributed by atoms with Crippen LogP contribution in [0.2, 0.25) is 0 Å². The summed E-state index contributed by atoms with van der Waals surface area (Å²) in [5, 5.41) is 9.24. The Labute approximate surface area is 101 Å². The van der Waals surface area contributed by atoms with Gasteiger partial charge in [0.05, 0.1) is 12.0 Å². The van der Waals surface area contributed by atoms with Gasteiger partial charge in [-0.25, -0.2) is 0 Å². The highest BCUT2D eigenvalue weighted by Crippen LogP contribution is 2.48. The predicted octanol–water partition coefficient (Wildman–Crippen LogP) is 2.81. The van der Waals surface area contributed by atoms with Crippen LogP contribution in [-0.2, 0) is 14.9 Å². The molecule has 1 aliphatic rings. The first-order chi connectivity index (χ1) is 8.10. The Kier molecular flexibility index (Phi) is 2.92. The lowest BCUT2D eigenvalue weighted by molar-refractivity contribution is -0.140. The van der Waals surface area contributed by atoms with E-state index in [1.54, 1.807) is 0 Å². The van der Waals surface area contributed by atoms with Gasteiger partial charge in [-0.05, 0) is 31.4 Å². The standard InChI is InChI=1S/C14H16O3/c1-3-17-10(2)11-5-4-6-12(9-11)14(7-8-14)13(15)16/h4-6,9H,2-3,7-8H2,1H3,(H,15,16). The molecule has 1 fully saturated rings. The van der Waals surface area contributed by atoms with Gasteiger partial charge in [0.25, 0.3) is 0 Å². The van der Waals surface area contributed by atoms with Gasteiger partial charge in [0.2, 0.25) is 0 Å². The van der Waals surface area contributed by atoms with E-state index in [1.807, 2.05) is 31.2 Å². The fourth-order valence-electron chi connectivity index (χ4n) is 2.00. The SMILES string of the molecule is C=C(OCC)c1cccc(C2(C(=O)O)CC2)c1. The molecule has 2 rings (SSSR count). The lowest BCUT2D eigenvalue weighted by Gasteiger charge is -2.13. The second kappa shape index (κ2) is 4.24. The van der Waals surface area contributed by atoms with Gasteiger partial charge in [0.15, 0.2) is 0 Å². The summed E-state index contributed by atoms with van der Waals surface area (Å²) in [7, 11) is 0. The van der Waals surface area contributed by atoms with Crippen molar-refractivity contribution in [3.8, 4) is 0 Å². The average molecular weight is 232 g/mol. The van der Waals surface area contributed by atoms with Crippen LogP contribution in [0.4, 0.5) is 0 Å². The Balaban J connectivity index is 2.29. The molecular weight excluding hydrogens is 216 g/mol. The lowest BCUT2D eigenvalue weighted by Crippen LogP contribution is -2.19. The second-order valence-corrected chi connectivity index (χ2v) is 4.32. The second-order valence-electron chi connectivity index (χ2n) is 4.32. The van der Waals surface area contributed by atoms with Crippen molar-refractivity contribution in [2.45, 2.75) is 25.2 Å². The molecular formula is C14H16O3. The largest absolute Gasteiger partial charge is 0.494 e. The van der Waals surface area contributed by atoms with Gasteiger partial charge in [-0.3, -0.25) is 4.79 Å². The van der Waals surface area contributed by atoms with Crippen LogP contribution < -0.4 is 0 Å². The first-order valence-corrected chi connectivity index (χ1v) is 5.76. The third kappa shape index (κ3) is 2.05. The number of hydrogen-bond donors (Lipinski definition) is 1. The molecule has 1 aromatic carbocycles. The molecule has 0 heterocycles. The maximum Gasteiger partial charge on any atom is 0.314 e.